The van der Waals surface area contributed by atoms with Crippen molar-refractivity contribution in [3.8, 4) is 0 Å². The first-order valence-corrected chi connectivity index (χ1v) is 5.17. The Labute approximate surface area is 97.4 Å². The number of hydrogen-bond acceptors (Lipinski definition) is 5. The molecular weight excluding hydrogens is 224 g/mol. The molecule has 2 N–H and O–H groups in total. The van der Waals surface area contributed by atoms with Crippen molar-refractivity contribution in [1.82, 2.24) is 4.98 Å². The number of pyridine rings is 1. The largest absolute Gasteiger partial charge is 0.326 e. The second kappa shape index (κ2) is 4.10. The molecule has 2 rings (SSSR count). The maximum Gasteiger partial charge on any atom is 0.312 e. The minimum Gasteiger partial charge on any atom is -0.326 e. The van der Waals surface area contributed by atoms with Crippen LogP contribution in [0.4, 0.5) is 11.5 Å². The quantitative estimate of drug-likeness (QED) is 0.590. The number of nitrogens with zero attached hydrogens (tertiary/aromatic N) is 3. The fraction of sp³-hybridized carbons (Fsp3) is 0.400. The van der Waals surface area contributed by atoms with Crippen LogP contribution in [0.15, 0.2) is 12.1 Å². The minimum atomic E-state index is -0.543. The molecule has 1 atom stereocenters. The van der Waals surface area contributed by atoms with E-state index in [2.05, 4.69) is 4.98 Å². The van der Waals surface area contributed by atoms with Crippen molar-refractivity contribution in [3.05, 3.63) is 27.9 Å². The van der Waals surface area contributed by atoms with Crippen LogP contribution < -0.4 is 10.6 Å². The van der Waals surface area contributed by atoms with Crippen LogP contribution in [-0.2, 0) is 4.79 Å². The number of rotatable bonds is 2. The SMILES string of the molecule is Cc1ccc([N+](=O)[O-])c(N2CC(N)CC2=O)n1. The van der Waals surface area contributed by atoms with Gasteiger partial charge < -0.3 is 5.73 Å². The van der Waals surface area contributed by atoms with E-state index in [1.165, 1.54) is 11.0 Å². The van der Waals surface area contributed by atoms with Gasteiger partial charge in [-0.25, -0.2) is 4.98 Å². The summed E-state index contributed by atoms with van der Waals surface area (Å²) < 4.78 is 0. The highest BCUT2D eigenvalue weighted by molar-refractivity contribution is 5.97. The summed E-state index contributed by atoms with van der Waals surface area (Å²) in [5, 5.41) is 10.9. The Kier molecular flexibility index (Phi) is 2.76. The van der Waals surface area contributed by atoms with E-state index in [0.717, 1.165) is 0 Å². The Morgan fingerprint density at radius 1 is 1.59 bits per heavy atom. The fourth-order valence-electron chi connectivity index (χ4n) is 1.82. The second-order valence-electron chi connectivity index (χ2n) is 4.02. The Morgan fingerprint density at radius 3 is 2.82 bits per heavy atom. The van der Waals surface area contributed by atoms with Gasteiger partial charge in [0.25, 0.3) is 0 Å². The molecule has 0 saturated carbocycles. The fourth-order valence-corrected chi connectivity index (χ4v) is 1.82. The van der Waals surface area contributed by atoms with E-state index in [0.29, 0.717) is 5.69 Å². The van der Waals surface area contributed by atoms with Gasteiger partial charge in [0.2, 0.25) is 11.7 Å². The van der Waals surface area contributed by atoms with Gasteiger partial charge in [0.1, 0.15) is 0 Å². The molecule has 0 aromatic carbocycles. The van der Waals surface area contributed by atoms with Gasteiger partial charge in [0, 0.05) is 30.8 Å². The highest BCUT2D eigenvalue weighted by atomic mass is 16.6. The number of carbonyl (C=O) groups excluding carboxylic acids is 1. The van der Waals surface area contributed by atoms with E-state index in [1.807, 2.05) is 0 Å². The number of nitrogens with two attached hydrogens (primary N) is 1. The Morgan fingerprint density at radius 2 is 2.29 bits per heavy atom. The predicted molar refractivity (Wildman–Crippen MR) is 60.6 cm³/mol. The molecule has 0 spiro atoms. The van der Waals surface area contributed by atoms with Crippen molar-refractivity contribution in [2.45, 2.75) is 19.4 Å². The molecule has 2 heterocycles. The molecule has 90 valence electrons. The van der Waals surface area contributed by atoms with Crippen LogP contribution >= 0.6 is 0 Å². The minimum absolute atomic E-state index is 0.0907. The van der Waals surface area contributed by atoms with Crippen molar-refractivity contribution in [3.63, 3.8) is 0 Å². The molecule has 17 heavy (non-hydrogen) atoms. The third kappa shape index (κ3) is 2.09. The molecule has 0 bridgehead atoms. The number of aryl methyl sites for hydroxylation is 1. The van der Waals surface area contributed by atoms with Crippen molar-refractivity contribution in [2.24, 2.45) is 5.73 Å². The summed E-state index contributed by atoms with van der Waals surface area (Å²) in [6, 6.07) is 2.61. The first-order chi connectivity index (χ1) is 7.99. The zero-order chi connectivity index (χ0) is 12.6. The number of hydrogen-bond donors (Lipinski definition) is 1. The van der Waals surface area contributed by atoms with Crippen LogP contribution in [0.5, 0.6) is 0 Å². The monoisotopic (exact) mass is 236 g/mol. The third-order valence-corrected chi connectivity index (χ3v) is 2.60. The lowest BCUT2D eigenvalue weighted by molar-refractivity contribution is -0.384. The molecule has 1 aromatic rings. The van der Waals surface area contributed by atoms with Crippen molar-refractivity contribution in [1.29, 1.82) is 0 Å². The highest BCUT2D eigenvalue weighted by Gasteiger charge is 2.33. The second-order valence-corrected chi connectivity index (χ2v) is 4.02. The van der Waals surface area contributed by atoms with E-state index in [4.69, 9.17) is 5.73 Å². The molecule has 1 unspecified atom stereocenters. The molecule has 1 aliphatic heterocycles. The van der Waals surface area contributed by atoms with Gasteiger partial charge >= 0.3 is 5.69 Å². The van der Waals surface area contributed by atoms with Crippen LogP contribution in [0.1, 0.15) is 12.1 Å². The van der Waals surface area contributed by atoms with E-state index >= 15 is 0 Å². The average Bonchev–Trinajstić information content (AvgIpc) is 2.57. The smallest absolute Gasteiger partial charge is 0.312 e. The van der Waals surface area contributed by atoms with E-state index in [-0.39, 0.29) is 36.4 Å². The summed E-state index contributed by atoms with van der Waals surface area (Å²) in [6.45, 7) is 1.99. The molecule has 0 radical (unpaired) electrons. The van der Waals surface area contributed by atoms with Crippen molar-refractivity contribution in [2.75, 3.05) is 11.4 Å². The number of nitro groups is 1. The van der Waals surface area contributed by atoms with Gasteiger partial charge in [-0.15, -0.1) is 0 Å². The summed E-state index contributed by atoms with van der Waals surface area (Å²) in [5.74, 6) is -0.133. The first-order valence-electron chi connectivity index (χ1n) is 5.17. The van der Waals surface area contributed by atoms with Crippen LogP contribution in [-0.4, -0.2) is 28.4 Å². The lowest BCUT2D eigenvalue weighted by atomic mass is 10.3. The molecule has 7 heteroatoms. The van der Waals surface area contributed by atoms with Gasteiger partial charge in [-0.05, 0) is 13.0 Å². The molecule has 1 aromatic heterocycles. The highest BCUT2D eigenvalue weighted by Crippen LogP contribution is 2.29. The maximum absolute atomic E-state index is 11.7. The van der Waals surface area contributed by atoms with Crippen LogP contribution in [0.3, 0.4) is 0 Å². The Hall–Kier alpha value is -2.02. The molecule has 1 saturated heterocycles. The first kappa shape index (κ1) is 11.5. The van der Waals surface area contributed by atoms with Crippen LogP contribution in [0, 0.1) is 17.0 Å². The number of amides is 1. The summed E-state index contributed by atoms with van der Waals surface area (Å²) in [7, 11) is 0. The molecular formula is C10H12N4O3. The Bertz CT molecular complexity index is 488. The molecule has 1 aliphatic rings. The molecule has 1 amide bonds. The van der Waals surface area contributed by atoms with Gasteiger partial charge in [-0.1, -0.05) is 0 Å². The lowest BCUT2D eigenvalue weighted by Crippen LogP contribution is -2.29. The molecule has 0 aliphatic carbocycles. The summed E-state index contributed by atoms with van der Waals surface area (Å²) in [4.78, 5) is 27.3. The van der Waals surface area contributed by atoms with Gasteiger partial charge in [-0.2, -0.15) is 0 Å². The standard InChI is InChI=1S/C10H12N4O3/c1-6-2-3-8(14(16)17)10(12-6)13-5-7(11)4-9(13)15/h2-3,7H,4-5,11H2,1H3. The number of aromatic nitrogens is 1. The normalized spacial score (nSPS) is 19.8. The van der Waals surface area contributed by atoms with Crippen LogP contribution in [0.25, 0.3) is 0 Å². The maximum atomic E-state index is 11.7. The van der Waals surface area contributed by atoms with Crippen molar-refractivity contribution < 1.29 is 9.72 Å². The lowest BCUT2D eigenvalue weighted by Gasteiger charge is -2.15. The van der Waals surface area contributed by atoms with Crippen molar-refractivity contribution >= 4 is 17.4 Å². The van der Waals surface area contributed by atoms with Gasteiger partial charge in [0.05, 0.1) is 4.92 Å². The van der Waals surface area contributed by atoms with Gasteiger partial charge in [0.15, 0.2) is 0 Å². The average molecular weight is 236 g/mol. The summed E-state index contributed by atoms with van der Waals surface area (Å²) in [5.41, 5.74) is 6.11. The van der Waals surface area contributed by atoms with E-state index in [9.17, 15) is 14.9 Å². The third-order valence-electron chi connectivity index (χ3n) is 2.60. The predicted octanol–water partition coefficient (Wildman–Crippen LogP) is 0.362. The molecule has 7 nitrogen and oxygen atoms in total. The summed E-state index contributed by atoms with van der Waals surface area (Å²) >= 11 is 0. The van der Waals surface area contributed by atoms with Gasteiger partial charge in [-0.3, -0.25) is 19.8 Å². The Balaban J connectivity index is 2.46. The number of carbonyl (C=O) groups is 1. The topological polar surface area (TPSA) is 102 Å². The van der Waals surface area contributed by atoms with E-state index < -0.39 is 4.92 Å². The van der Waals surface area contributed by atoms with Crippen LogP contribution in [0.2, 0.25) is 0 Å². The zero-order valence-corrected chi connectivity index (χ0v) is 9.29. The number of anilines is 1. The van der Waals surface area contributed by atoms with E-state index in [1.54, 1.807) is 13.0 Å². The molecule has 1 fully saturated rings. The zero-order valence-electron chi connectivity index (χ0n) is 9.29. The summed E-state index contributed by atoms with van der Waals surface area (Å²) in [6.07, 6.45) is 0.201.